The van der Waals surface area contributed by atoms with E-state index in [1.807, 2.05) is 24.3 Å². The Balaban J connectivity index is 1.70. The molecule has 2 bridgehead atoms. The Labute approximate surface area is 204 Å². The Bertz CT molecular complexity index is 1140. The second-order valence-corrected chi connectivity index (χ2v) is 9.78. The molecule has 0 aliphatic heterocycles. The molecule has 2 nitrogen and oxygen atoms in total. The lowest BCUT2D eigenvalue weighted by atomic mass is 9.80. The van der Waals surface area contributed by atoms with Crippen molar-refractivity contribution in [3.8, 4) is 5.75 Å². The van der Waals surface area contributed by atoms with Crippen LogP contribution < -0.4 is 4.74 Å². The van der Waals surface area contributed by atoms with E-state index in [0.717, 1.165) is 42.6 Å². The number of ketones is 1. The summed E-state index contributed by atoms with van der Waals surface area (Å²) in [5.41, 5.74) is 12.0. The number of carbonyl (C=O) groups is 1. The van der Waals surface area contributed by atoms with E-state index in [1.54, 1.807) is 7.11 Å². The summed E-state index contributed by atoms with van der Waals surface area (Å²) in [6.45, 7) is 9.05. The minimum absolute atomic E-state index is 0.0935. The van der Waals surface area contributed by atoms with Crippen LogP contribution in [0, 0.1) is 11.8 Å². The third kappa shape index (κ3) is 5.34. The molecule has 1 aromatic carbocycles. The largest absolute Gasteiger partial charge is 0.497 e. The third-order valence-corrected chi connectivity index (χ3v) is 7.36. The summed E-state index contributed by atoms with van der Waals surface area (Å²) < 4.78 is 5.26. The van der Waals surface area contributed by atoms with Crippen molar-refractivity contribution in [2.45, 2.75) is 58.8 Å². The average molecular weight is 453 g/mol. The van der Waals surface area contributed by atoms with Crippen molar-refractivity contribution in [1.29, 1.82) is 0 Å². The molecule has 34 heavy (non-hydrogen) atoms. The van der Waals surface area contributed by atoms with Crippen molar-refractivity contribution in [3.63, 3.8) is 0 Å². The Kier molecular flexibility index (Phi) is 7.70. The van der Waals surface area contributed by atoms with E-state index in [0.29, 0.717) is 12.3 Å². The molecule has 0 amide bonds. The summed E-state index contributed by atoms with van der Waals surface area (Å²) >= 11 is 0. The molecule has 0 spiro atoms. The minimum atomic E-state index is -0.0935. The van der Waals surface area contributed by atoms with Crippen LogP contribution in [0.2, 0.25) is 0 Å². The van der Waals surface area contributed by atoms with Gasteiger partial charge in [-0.15, -0.1) is 5.73 Å². The van der Waals surface area contributed by atoms with Crippen LogP contribution >= 0.6 is 0 Å². The first kappa shape index (κ1) is 24.0. The van der Waals surface area contributed by atoms with Gasteiger partial charge in [-0.25, -0.2) is 0 Å². The maximum Gasteiger partial charge on any atom is 0.166 e. The van der Waals surface area contributed by atoms with E-state index in [9.17, 15) is 4.79 Å². The molecular weight excluding hydrogens is 416 g/mol. The number of hydrogen-bond acceptors (Lipinski definition) is 2. The van der Waals surface area contributed by atoms with Crippen molar-refractivity contribution in [3.05, 3.63) is 106 Å². The van der Waals surface area contributed by atoms with Crippen LogP contribution in [0.15, 0.2) is 100 Å². The topological polar surface area (TPSA) is 26.3 Å². The second kappa shape index (κ2) is 10.9. The molecule has 0 aromatic heterocycles. The van der Waals surface area contributed by atoms with Gasteiger partial charge >= 0.3 is 0 Å². The molecule has 1 saturated carbocycles. The van der Waals surface area contributed by atoms with Crippen molar-refractivity contribution < 1.29 is 9.53 Å². The van der Waals surface area contributed by atoms with Crippen LogP contribution in [-0.2, 0) is 0 Å². The van der Waals surface area contributed by atoms with Gasteiger partial charge < -0.3 is 4.74 Å². The van der Waals surface area contributed by atoms with Crippen LogP contribution in [0.1, 0.15) is 69.2 Å². The summed E-state index contributed by atoms with van der Waals surface area (Å²) in [6, 6.07) is 7.47. The molecule has 176 valence electrons. The van der Waals surface area contributed by atoms with Crippen LogP contribution in [0.3, 0.4) is 0 Å². The Morgan fingerprint density at radius 2 is 1.97 bits per heavy atom. The molecule has 1 fully saturated rings. The molecule has 0 heterocycles. The number of Topliss-reactive ketones (excluding diaryl/α,β-unsaturated/α-hetero) is 1. The average Bonchev–Trinajstić information content (AvgIpc) is 3.19. The van der Waals surface area contributed by atoms with Gasteiger partial charge in [0.25, 0.3) is 0 Å². The number of carbonyl (C=O) groups excluding carboxylic acids is 1. The first-order chi connectivity index (χ1) is 16.5. The first-order valence-corrected chi connectivity index (χ1v) is 12.6. The Morgan fingerprint density at radius 1 is 1.21 bits per heavy atom. The number of allylic oxidation sites excluding steroid dienone is 10. The maximum absolute atomic E-state index is 13.4. The van der Waals surface area contributed by atoms with Crippen molar-refractivity contribution in [2.24, 2.45) is 11.8 Å². The fourth-order valence-corrected chi connectivity index (χ4v) is 5.23. The lowest BCUT2D eigenvalue weighted by Crippen LogP contribution is -2.16. The molecule has 4 rings (SSSR count). The van der Waals surface area contributed by atoms with E-state index in [1.165, 1.54) is 40.7 Å². The number of hydrogen-bond donors (Lipinski definition) is 0. The highest BCUT2D eigenvalue weighted by atomic mass is 16.5. The summed E-state index contributed by atoms with van der Waals surface area (Å²) in [5.74, 6) is 1.56. The smallest absolute Gasteiger partial charge is 0.166 e. The predicted molar refractivity (Wildman–Crippen MR) is 141 cm³/mol. The van der Waals surface area contributed by atoms with Gasteiger partial charge in [-0.3, -0.25) is 4.79 Å². The van der Waals surface area contributed by atoms with E-state index >= 15 is 0 Å². The van der Waals surface area contributed by atoms with E-state index in [2.05, 4.69) is 56.5 Å². The van der Waals surface area contributed by atoms with Crippen molar-refractivity contribution >= 4 is 5.78 Å². The molecule has 3 aliphatic rings. The fourth-order valence-electron chi connectivity index (χ4n) is 5.23. The summed E-state index contributed by atoms with van der Waals surface area (Å²) in [7, 11) is 1.64. The molecule has 2 atom stereocenters. The minimum Gasteiger partial charge on any atom is -0.497 e. The van der Waals surface area contributed by atoms with Gasteiger partial charge in [0.05, 0.1) is 7.11 Å². The highest BCUT2D eigenvalue weighted by Gasteiger charge is 2.26. The number of methoxy groups -OCH3 is 1. The molecule has 0 radical (unpaired) electrons. The number of rotatable bonds is 7. The molecule has 0 saturated heterocycles. The Hall–Kier alpha value is -3.09. The van der Waals surface area contributed by atoms with Gasteiger partial charge in [-0.2, -0.15) is 0 Å². The van der Waals surface area contributed by atoms with Gasteiger partial charge in [-0.1, -0.05) is 44.7 Å². The van der Waals surface area contributed by atoms with Gasteiger partial charge in [0.2, 0.25) is 0 Å². The monoisotopic (exact) mass is 452 g/mol. The van der Waals surface area contributed by atoms with Gasteiger partial charge in [0.1, 0.15) is 5.75 Å². The maximum atomic E-state index is 13.4. The van der Waals surface area contributed by atoms with Gasteiger partial charge in [0.15, 0.2) is 5.78 Å². The lowest BCUT2D eigenvalue weighted by Gasteiger charge is -2.24. The highest BCUT2D eigenvalue weighted by molar-refractivity contribution is 5.98. The quantitative estimate of drug-likeness (QED) is 0.307. The molecule has 3 aliphatic carbocycles. The first-order valence-electron chi connectivity index (χ1n) is 12.6. The number of benzene rings is 1. The summed E-state index contributed by atoms with van der Waals surface area (Å²) in [4.78, 5) is 13.4. The molecule has 1 aromatic rings. The Morgan fingerprint density at radius 3 is 2.71 bits per heavy atom. The second-order valence-electron chi connectivity index (χ2n) is 9.78. The van der Waals surface area contributed by atoms with Crippen LogP contribution in [0.5, 0.6) is 5.75 Å². The van der Waals surface area contributed by atoms with Gasteiger partial charge in [0, 0.05) is 11.5 Å². The van der Waals surface area contributed by atoms with E-state index in [4.69, 9.17) is 4.74 Å². The zero-order valence-corrected chi connectivity index (χ0v) is 20.8. The van der Waals surface area contributed by atoms with Gasteiger partial charge in [-0.05, 0) is 115 Å². The third-order valence-electron chi connectivity index (χ3n) is 7.36. The zero-order valence-electron chi connectivity index (χ0n) is 20.8. The summed E-state index contributed by atoms with van der Waals surface area (Å²) in [6.07, 6.45) is 17.8. The number of ether oxygens (including phenoxy) is 1. The van der Waals surface area contributed by atoms with Crippen molar-refractivity contribution in [2.75, 3.05) is 7.11 Å². The van der Waals surface area contributed by atoms with E-state index in [-0.39, 0.29) is 11.7 Å². The lowest BCUT2D eigenvalue weighted by molar-refractivity contribution is 0.0916. The SMILES string of the molecule is C=C(CC(CC)C(=O)c1ccc(OC)cc1)C1=C2CCC(C)CCC2=C=CC2=CC=CCC1=C2. The highest BCUT2D eigenvalue weighted by Crippen LogP contribution is 2.41. The normalized spacial score (nSPS) is 20.6. The molecular formula is C32H36O2. The zero-order chi connectivity index (χ0) is 24.1. The number of fused-ring (bicyclic) bond motifs is 2. The molecule has 2 unspecified atom stereocenters. The fraction of sp³-hybridized carbons (Fsp3) is 0.375. The summed E-state index contributed by atoms with van der Waals surface area (Å²) in [5, 5.41) is 0. The van der Waals surface area contributed by atoms with Crippen LogP contribution in [0.4, 0.5) is 0 Å². The predicted octanol–water partition coefficient (Wildman–Crippen LogP) is 8.26. The van der Waals surface area contributed by atoms with Crippen LogP contribution in [-0.4, -0.2) is 12.9 Å². The molecule has 0 N–H and O–H groups in total. The standard InChI is InChI=1S/C32H36O2/c1-5-25(32(33)27-15-17-29(34-4)18-16-27)20-23(3)31-28-9-7-6-8-24(21-28)12-14-26-13-10-22(2)11-19-30(26)31/h6-8,12,15-18,21-22,25H,3,5,9-11,13,19-20H2,1-2,4H3. The van der Waals surface area contributed by atoms with Crippen LogP contribution in [0.25, 0.3) is 0 Å². The molecule has 2 heteroatoms. The van der Waals surface area contributed by atoms with Crippen molar-refractivity contribution in [1.82, 2.24) is 0 Å². The van der Waals surface area contributed by atoms with E-state index < -0.39 is 0 Å².